The average Bonchev–Trinajstić information content (AvgIpc) is 2.60. The number of carbonyl (C=O) groups is 2. The molecule has 0 fully saturated rings. The highest BCUT2D eigenvalue weighted by Gasteiger charge is 2.30. The molecule has 0 saturated carbocycles. The number of carbonyl (C=O) groups excluding carboxylic acids is 1. The zero-order valence-corrected chi connectivity index (χ0v) is 13.7. The molecule has 2 aromatic carbocycles. The maximum atomic E-state index is 12.4. The summed E-state index contributed by atoms with van der Waals surface area (Å²) in [6, 6.07) is 16.2. The van der Waals surface area contributed by atoms with E-state index in [0.717, 1.165) is 5.56 Å². The van der Waals surface area contributed by atoms with Gasteiger partial charge in [0.25, 0.3) is 0 Å². The standard InChI is InChI=1S/C19H21NO4/c1-13(18(21)20-15-6-4-3-5-7-15)17(19(22)23)12-14-8-10-16(24-2)11-9-14/h3-11,13,17H,12H2,1-2H3,(H,20,21)(H,22,23). The van der Waals surface area contributed by atoms with Crippen molar-refractivity contribution in [3.63, 3.8) is 0 Å². The molecule has 5 nitrogen and oxygen atoms in total. The van der Waals surface area contributed by atoms with Crippen LogP contribution in [0, 0.1) is 11.8 Å². The van der Waals surface area contributed by atoms with E-state index in [0.29, 0.717) is 11.4 Å². The number of rotatable bonds is 7. The van der Waals surface area contributed by atoms with Gasteiger partial charge in [0.15, 0.2) is 0 Å². The van der Waals surface area contributed by atoms with E-state index >= 15 is 0 Å². The summed E-state index contributed by atoms with van der Waals surface area (Å²) in [4.78, 5) is 24.0. The fourth-order valence-corrected chi connectivity index (χ4v) is 2.45. The highest BCUT2D eigenvalue weighted by atomic mass is 16.5. The molecule has 0 aliphatic carbocycles. The lowest BCUT2D eigenvalue weighted by Crippen LogP contribution is -2.33. The molecule has 2 rings (SSSR count). The molecule has 0 aromatic heterocycles. The van der Waals surface area contributed by atoms with Gasteiger partial charge in [0.2, 0.25) is 5.91 Å². The van der Waals surface area contributed by atoms with Gasteiger partial charge in [-0.25, -0.2) is 0 Å². The molecule has 0 aliphatic heterocycles. The Kier molecular flexibility index (Phi) is 5.95. The van der Waals surface area contributed by atoms with Crippen LogP contribution in [0.3, 0.4) is 0 Å². The number of methoxy groups -OCH3 is 1. The topological polar surface area (TPSA) is 75.6 Å². The van der Waals surface area contributed by atoms with Crippen LogP contribution >= 0.6 is 0 Å². The Balaban J connectivity index is 2.07. The molecule has 126 valence electrons. The lowest BCUT2D eigenvalue weighted by atomic mass is 9.87. The molecule has 2 N–H and O–H groups in total. The van der Waals surface area contributed by atoms with Gasteiger partial charge in [-0.1, -0.05) is 37.3 Å². The minimum absolute atomic E-state index is 0.280. The zero-order chi connectivity index (χ0) is 17.5. The van der Waals surface area contributed by atoms with Gasteiger partial charge in [0, 0.05) is 11.6 Å². The molecule has 2 unspecified atom stereocenters. The number of nitrogens with one attached hydrogen (secondary N) is 1. The Hall–Kier alpha value is -2.82. The van der Waals surface area contributed by atoms with Crippen molar-refractivity contribution >= 4 is 17.6 Å². The normalized spacial score (nSPS) is 12.9. The Morgan fingerprint density at radius 1 is 1.08 bits per heavy atom. The third-order valence-electron chi connectivity index (χ3n) is 3.99. The van der Waals surface area contributed by atoms with E-state index < -0.39 is 17.8 Å². The van der Waals surface area contributed by atoms with Gasteiger partial charge >= 0.3 is 5.97 Å². The first-order chi connectivity index (χ1) is 11.5. The fraction of sp³-hybridized carbons (Fsp3) is 0.263. The third-order valence-corrected chi connectivity index (χ3v) is 3.99. The van der Waals surface area contributed by atoms with Crippen LogP contribution in [0.4, 0.5) is 5.69 Å². The number of benzene rings is 2. The Morgan fingerprint density at radius 2 is 1.71 bits per heavy atom. The number of hydrogen-bond acceptors (Lipinski definition) is 3. The van der Waals surface area contributed by atoms with Crippen molar-refractivity contribution in [2.75, 3.05) is 12.4 Å². The van der Waals surface area contributed by atoms with Crippen molar-refractivity contribution in [1.82, 2.24) is 0 Å². The largest absolute Gasteiger partial charge is 0.497 e. The fourth-order valence-electron chi connectivity index (χ4n) is 2.45. The van der Waals surface area contributed by atoms with E-state index in [9.17, 15) is 14.7 Å². The molecular formula is C19H21NO4. The van der Waals surface area contributed by atoms with E-state index in [2.05, 4.69) is 5.32 Å². The van der Waals surface area contributed by atoms with Crippen LogP contribution in [0.15, 0.2) is 54.6 Å². The van der Waals surface area contributed by atoms with Crippen LogP contribution in [0.1, 0.15) is 12.5 Å². The maximum absolute atomic E-state index is 12.4. The van der Waals surface area contributed by atoms with Crippen LogP contribution in [0.5, 0.6) is 5.75 Å². The van der Waals surface area contributed by atoms with Crippen LogP contribution < -0.4 is 10.1 Å². The van der Waals surface area contributed by atoms with E-state index in [-0.39, 0.29) is 12.3 Å². The van der Waals surface area contributed by atoms with Crippen molar-refractivity contribution in [3.8, 4) is 5.75 Å². The smallest absolute Gasteiger partial charge is 0.307 e. The van der Waals surface area contributed by atoms with Gasteiger partial charge in [-0.15, -0.1) is 0 Å². The number of para-hydroxylation sites is 1. The van der Waals surface area contributed by atoms with Crippen LogP contribution in [0.2, 0.25) is 0 Å². The van der Waals surface area contributed by atoms with Crippen LogP contribution in [-0.4, -0.2) is 24.1 Å². The second-order valence-corrected chi connectivity index (χ2v) is 5.64. The summed E-state index contributed by atoms with van der Waals surface area (Å²) in [7, 11) is 1.57. The summed E-state index contributed by atoms with van der Waals surface area (Å²) in [5, 5.41) is 12.3. The molecule has 1 amide bonds. The number of aliphatic carboxylic acids is 1. The van der Waals surface area contributed by atoms with Gasteiger partial charge in [0.1, 0.15) is 5.75 Å². The SMILES string of the molecule is COc1ccc(CC(C(=O)O)C(C)C(=O)Nc2ccccc2)cc1. The first-order valence-corrected chi connectivity index (χ1v) is 7.73. The molecule has 0 bridgehead atoms. The van der Waals surface area contributed by atoms with Crippen LogP contribution in [-0.2, 0) is 16.0 Å². The summed E-state index contributed by atoms with van der Waals surface area (Å²) in [5.41, 5.74) is 1.51. The Bertz CT molecular complexity index is 682. The Labute approximate surface area is 141 Å². The summed E-state index contributed by atoms with van der Waals surface area (Å²) in [5.74, 6) is -2.05. The number of hydrogen-bond donors (Lipinski definition) is 2. The highest BCUT2D eigenvalue weighted by molar-refractivity contribution is 5.94. The van der Waals surface area contributed by atoms with Crippen molar-refractivity contribution in [2.45, 2.75) is 13.3 Å². The molecule has 0 aliphatic rings. The molecular weight excluding hydrogens is 306 g/mol. The number of ether oxygens (including phenoxy) is 1. The minimum atomic E-state index is -0.985. The zero-order valence-electron chi connectivity index (χ0n) is 13.7. The lowest BCUT2D eigenvalue weighted by Gasteiger charge is -2.20. The van der Waals surface area contributed by atoms with Gasteiger partial charge in [0.05, 0.1) is 13.0 Å². The third kappa shape index (κ3) is 4.59. The molecule has 0 saturated heterocycles. The van der Waals surface area contributed by atoms with Gasteiger partial charge in [-0.2, -0.15) is 0 Å². The molecule has 24 heavy (non-hydrogen) atoms. The van der Waals surface area contributed by atoms with Crippen molar-refractivity contribution < 1.29 is 19.4 Å². The molecule has 5 heteroatoms. The van der Waals surface area contributed by atoms with E-state index in [4.69, 9.17) is 4.74 Å². The second-order valence-electron chi connectivity index (χ2n) is 5.64. The van der Waals surface area contributed by atoms with Crippen molar-refractivity contribution in [3.05, 3.63) is 60.2 Å². The molecule has 2 atom stereocenters. The van der Waals surface area contributed by atoms with Gasteiger partial charge in [-0.3, -0.25) is 9.59 Å². The summed E-state index contributed by atoms with van der Waals surface area (Å²) >= 11 is 0. The van der Waals surface area contributed by atoms with E-state index in [1.807, 2.05) is 30.3 Å². The summed E-state index contributed by atoms with van der Waals surface area (Å²) in [6.07, 6.45) is 0.280. The number of amides is 1. The number of anilines is 1. The highest BCUT2D eigenvalue weighted by Crippen LogP contribution is 2.22. The lowest BCUT2D eigenvalue weighted by molar-refractivity contribution is -0.145. The second kappa shape index (κ2) is 8.15. The minimum Gasteiger partial charge on any atom is -0.497 e. The molecule has 0 radical (unpaired) electrons. The van der Waals surface area contributed by atoms with Gasteiger partial charge < -0.3 is 15.2 Å². The summed E-state index contributed by atoms with van der Waals surface area (Å²) < 4.78 is 5.09. The van der Waals surface area contributed by atoms with E-state index in [1.165, 1.54) is 0 Å². The van der Waals surface area contributed by atoms with Gasteiger partial charge in [-0.05, 0) is 36.2 Å². The average molecular weight is 327 g/mol. The maximum Gasteiger partial charge on any atom is 0.307 e. The quantitative estimate of drug-likeness (QED) is 0.819. The number of carboxylic acids is 1. The molecule has 2 aromatic rings. The Morgan fingerprint density at radius 3 is 2.25 bits per heavy atom. The predicted octanol–water partition coefficient (Wildman–Crippen LogP) is 3.21. The predicted molar refractivity (Wildman–Crippen MR) is 92.1 cm³/mol. The number of carboxylic acid groups (broad SMARTS) is 1. The van der Waals surface area contributed by atoms with Crippen molar-refractivity contribution in [1.29, 1.82) is 0 Å². The first kappa shape index (κ1) is 17.5. The molecule has 0 spiro atoms. The van der Waals surface area contributed by atoms with E-state index in [1.54, 1.807) is 38.3 Å². The first-order valence-electron chi connectivity index (χ1n) is 7.73. The van der Waals surface area contributed by atoms with Crippen LogP contribution in [0.25, 0.3) is 0 Å². The van der Waals surface area contributed by atoms with Crippen molar-refractivity contribution in [2.24, 2.45) is 11.8 Å². The monoisotopic (exact) mass is 327 g/mol. The molecule has 0 heterocycles. The summed E-state index contributed by atoms with van der Waals surface area (Å²) in [6.45, 7) is 1.64.